The van der Waals surface area contributed by atoms with E-state index in [-0.39, 0.29) is 12.3 Å². The van der Waals surface area contributed by atoms with Crippen LogP contribution in [0.15, 0.2) is 84.9 Å². The minimum atomic E-state index is -0.661. The van der Waals surface area contributed by atoms with Crippen LogP contribution < -0.4 is 5.32 Å². The summed E-state index contributed by atoms with van der Waals surface area (Å²) in [6, 6.07) is 27.7. The molecule has 0 unspecified atom stereocenters. The van der Waals surface area contributed by atoms with Crippen molar-refractivity contribution in [2.45, 2.75) is 25.9 Å². The Morgan fingerprint density at radius 2 is 1.58 bits per heavy atom. The van der Waals surface area contributed by atoms with Crippen LogP contribution in [0.5, 0.6) is 0 Å². The van der Waals surface area contributed by atoms with Crippen LogP contribution in [0.25, 0.3) is 21.7 Å². The van der Waals surface area contributed by atoms with Crippen LogP contribution in [-0.2, 0) is 4.79 Å². The van der Waals surface area contributed by atoms with Crippen molar-refractivity contribution < 1.29 is 9.90 Å². The van der Waals surface area contributed by atoms with Crippen LogP contribution in [0.1, 0.15) is 30.1 Å². The van der Waals surface area contributed by atoms with Crippen LogP contribution >= 0.6 is 11.3 Å². The largest absolute Gasteiger partial charge is 0.388 e. The summed E-state index contributed by atoms with van der Waals surface area (Å²) in [4.78, 5) is 18.3. The molecule has 4 nitrogen and oxygen atoms in total. The molecule has 5 heteroatoms. The molecule has 1 heterocycles. The molecule has 0 saturated heterocycles. The Kier molecular flexibility index (Phi) is 6.55. The Balaban J connectivity index is 1.52. The van der Waals surface area contributed by atoms with Gasteiger partial charge in [-0.25, -0.2) is 4.98 Å². The van der Waals surface area contributed by atoms with Gasteiger partial charge in [-0.2, -0.15) is 0 Å². The molecule has 1 aromatic heterocycles. The Hall–Kier alpha value is -3.28. The van der Waals surface area contributed by atoms with E-state index >= 15 is 0 Å². The van der Waals surface area contributed by atoms with Gasteiger partial charge in [-0.3, -0.25) is 4.79 Å². The SMILES string of the molecule is Cc1ccc(-c2sc(NC(=O)CC[C@H](O)c3ccccc3)nc2-c2ccccc2)cc1. The lowest BCUT2D eigenvalue weighted by Gasteiger charge is -2.10. The molecule has 2 N–H and O–H groups in total. The summed E-state index contributed by atoms with van der Waals surface area (Å²) < 4.78 is 0. The number of aliphatic hydroxyl groups is 1. The maximum Gasteiger partial charge on any atom is 0.226 e. The van der Waals surface area contributed by atoms with E-state index in [1.807, 2.05) is 60.7 Å². The molecule has 3 aromatic carbocycles. The Labute approximate surface area is 186 Å². The Morgan fingerprint density at radius 1 is 0.935 bits per heavy atom. The van der Waals surface area contributed by atoms with Gasteiger partial charge in [0.2, 0.25) is 5.91 Å². The number of hydrogen-bond acceptors (Lipinski definition) is 4. The zero-order valence-electron chi connectivity index (χ0n) is 17.3. The number of carbonyl (C=O) groups excluding carboxylic acids is 1. The fourth-order valence-corrected chi connectivity index (χ4v) is 4.37. The Bertz CT molecular complexity index is 1140. The number of thiazole rings is 1. The van der Waals surface area contributed by atoms with E-state index in [4.69, 9.17) is 4.98 Å². The summed E-state index contributed by atoms with van der Waals surface area (Å²) in [6.07, 6.45) is -0.0837. The zero-order chi connectivity index (χ0) is 21.6. The van der Waals surface area contributed by atoms with Crippen molar-refractivity contribution >= 4 is 22.4 Å². The second-order valence-electron chi connectivity index (χ2n) is 7.44. The molecule has 0 radical (unpaired) electrons. The summed E-state index contributed by atoms with van der Waals surface area (Å²) in [6.45, 7) is 2.06. The third-order valence-corrected chi connectivity index (χ3v) is 6.08. The number of aryl methyl sites for hydroxylation is 1. The second-order valence-corrected chi connectivity index (χ2v) is 8.44. The molecule has 4 aromatic rings. The standard InChI is InChI=1S/C26H24N2O2S/c1-18-12-14-21(15-13-18)25-24(20-10-6-3-7-11-20)28-26(31-25)27-23(30)17-16-22(29)19-8-4-2-5-9-19/h2-15,22,29H,16-17H2,1H3,(H,27,28,30)/t22-/m0/s1. The highest BCUT2D eigenvalue weighted by Crippen LogP contribution is 2.39. The molecule has 0 saturated carbocycles. The van der Waals surface area contributed by atoms with Gasteiger partial charge < -0.3 is 10.4 Å². The third kappa shape index (κ3) is 5.26. The summed E-state index contributed by atoms with van der Waals surface area (Å²) in [7, 11) is 0. The lowest BCUT2D eigenvalue weighted by Crippen LogP contribution is -2.12. The van der Waals surface area contributed by atoms with E-state index in [1.54, 1.807) is 0 Å². The van der Waals surface area contributed by atoms with Gasteiger partial charge in [-0.1, -0.05) is 102 Å². The molecule has 1 atom stereocenters. The van der Waals surface area contributed by atoms with E-state index in [0.29, 0.717) is 11.6 Å². The van der Waals surface area contributed by atoms with E-state index in [0.717, 1.165) is 27.3 Å². The molecule has 0 spiro atoms. The van der Waals surface area contributed by atoms with Crippen LogP contribution in [0.3, 0.4) is 0 Å². The zero-order valence-corrected chi connectivity index (χ0v) is 18.1. The van der Waals surface area contributed by atoms with Crippen molar-refractivity contribution in [1.29, 1.82) is 0 Å². The summed E-state index contributed by atoms with van der Waals surface area (Å²) in [5, 5.41) is 13.8. The molecule has 156 valence electrons. The Morgan fingerprint density at radius 3 is 2.26 bits per heavy atom. The quantitative estimate of drug-likeness (QED) is 0.366. The first-order valence-electron chi connectivity index (χ1n) is 10.3. The number of rotatable bonds is 7. The fourth-order valence-electron chi connectivity index (χ4n) is 3.36. The van der Waals surface area contributed by atoms with Gasteiger partial charge >= 0.3 is 0 Å². The van der Waals surface area contributed by atoms with Gasteiger partial charge in [0.25, 0.3) is 0 Å². The summed E-state index contributed by atoms with van der Waals surface area (Å²) >= 11 is 1.47. The molecule has 4 rings (SSSR count). The van der Waals surface area contributed by atoms with E-state index in [2.05, 4.69) is 36.5 Å². The summed E-state index contributed by atoms with van der Waals surface area (Å²) in [5.74, 6) is -0.154. The minimum absolute atomic E-state index is 0.154. The van der Waals surface area contributed by atoms with Gasteiger partial charge in [-0.15, -0.1) is 0 Å². The van der Waals surface area contributed by atoms with Gasteiger partial charge in [0.05, 0.1) is 16.7 Å². The topological polar surface area (TPSA) is 62.2 Å². The number of benzene rings is 3. The minimum Gasteiger partial charge on any atom is -0.388 e. The van der Waals surface area contributed by atoms with E-state index < -0.39 is 6.10 Å². The highest BCUT2D eigenvalue weighted by Gasteiger charge is 2.17. The normalized spacial score (nSPS) is 11.8. The van der Waals surface area contributed by atoms with Crippen LogP contribution in [0.2, 0.25) is 0 Å². The number of aromatic nitrogens is 1. The van der Waals surface area contributed by atoms with Crippen molar-refractivity contribution in [1.82, 2.24) is 4.98 Å². The number of carbonyl (C=O) groups is 1. The van der Waals surface area contributed by atoms with Crippen molar-refractivity contribution in [3.8, 4) is 21.7 Å². The maximum atomic E-state index is 12.5. The van der Waals surface area contributed by atoms with Crippen molar-refractivity contribution in [2.75, 3.05) is 5.32 Å². The van der Waals surface area contributed by atoms with E-state index in [1.165, 1.54) is 16.9 Å². The number of amides is 1. The molecule has 31 heavy (non-hydrogen) atoms. The molecule has 0 bridgehead atoms. The van der Waals surface area contributed by atoms with Crippen molar-refractivity contribution in [2.24, 2.45) is 0 Å². The first-order valence-corrected chi connectivity index (χ1v) is 11.1. The number of anilines is 1. The number of hydrogen-bond donors (Lipinski definition) is 2. The predicted molar refractivity (Wildman–Crippen MR) is 127 cm³/mol. The second kappa shape index (κ2) is 9.69. The van der Waals surface area contributed by atoms with Crippen LogP contribution in [0, 0.1) is 6.92 Å². The molecular weight excluding hydrogens is 404 g/mol. The fraction of sp³-hybridized carbons (Fsp3) is 0.154. The van der Waals surface area contributed by atoms with Crippen LogP contribution in [0.4, 0.5) is 5.13 Å². The number of aliphatic hydroxyl groups excluding tert-OH is 1. The molecule has 0 aliphatic rings. The smallest absolute Gasteiger partial charge is 0.226 e. The third-order valence-electron chi connectivity index (χ3n) is 5.06. The molecule has 0 aliphatic carbocycles. The summed E-state index contributed by atoms with van der Waals surface area (Å²) in [5.41, 5.74) is 4.95. The predicted octanol–water partition coefficient (Wildman–Crippen LogP) is 6.24. The lowest BCUT2D eigenvalue weighted by atomic mass is 10.1. The first-order chi connectivity index (χ1) is 15.1. The van der Waals surface area contributed by atoms with E-state index in [9.17, 15) is 9.90 Å². The van der Waals surface area contributed by atoms with Gasteiger partial charge in [-0.05, 0) is 24.5 Å². The van der Waals surface area contributed by atoms with Gasteiger partial charge in [0, 0.05) is 12.0 Å². The maximum absolute atomic E-state index is 12.5. The van der Waals surface area contributed by atoms with Crippen LogP contribution in [-0.4, -0.2) is 16.0 Å². The highest BCUT2D eigenvalue weighted by molar-refractivity contribution is 7.19. The monoisotopic (exact) mass is 428 g/mol. The first kappa shape index (κ1) is 21.0. The van der Waals surface area contributed by atoms with Gasteiger partial charge in [0.15, 0.2) is 5.13 Å². The highest BCUT2D eigenvalue weighted by atomic mass is 32.1. The van der Waals surface area contributed by atoms with Crippen molar-refractivity contribution in [3.63, 3.8) is 0 Å². The lowest BCUT2D eigenvalue weighted by molar-refractivity contribution is -0.116. The molecular formula is C26H24N2O2S. The number of nitrogens with one attached hydrogen (secondary N) is 1. The average molecular weight is 429 g/mol. The molecule has 1 amide bonds. The molecule has 0 fully saturated rings. The number of nitrogens with zero attached hydrogens (tertiary/aromatic N) is 1. The molecule has 0 aliphatic heterocycles. The average Bonchev–Trinajstić information content (AvgIpc) is 3.22. The van der Waals surface area contributed by atoms with Gasteiger partial charge in [0.1, 0.15) is 0 Å². The van der Waals surface area contributed by atoms with Crippen molar-refractivity contribution in [3.05, 3.63) is 96.1 Å².